The number of nitrogens with one attached hydrogen (secondary N) is 1. The van der Waals surface area contributed by atoms with Gasteiger partial charge >= 0.3 is 6.09 Å². The van der Waals surface area contributed by atoms with Crippen LogP contribution in [0.1, 0.15) is 30.9 Å². The monoisotopic (exact) mass is 511 g/mol. The number of rotatable bonds is 9. The van der Waals surface area contributed by atoms with Crippen LogP contribution in [-0.4, -0.2) is 38.1 Å². The van der Waals surface area contributed by atoms with Crippen LogP contribution in [0.2, 0.25) is 0 Å². The summed E-state index contributed by atoms with van der Waals surface area (Å²) >= 11 is 0. The molecule has 1 aliphatic carbocycles. The predicted molar refractivity (Wildman–Crippen MR) is 145 cm³/mol. The Morgan fingerprint density at radius 2 is 1.68 bits per heavy atom. The van der Waals surface area contributed by atoms with E-state index in [1.165, 1.54) is 0 Å². The van der Waals surface area contributed by atoms with Crippen LogP contribution in [0.15, 0.2) is 66.7 Å². The van der Waals surface area contributed by atoms with Gasteiger partial charge in [0.1, 0.15) is 29.9 Å². The molecule has 38 heavy (non-hydrogen) atoms. The highest BCUT2D eigenvalue weighted by Crippen LogP contribution is 2.43. The zero-order valence-electron chi connectivity index (χ0n) is 21.4. The molecule has 0 bridgehead atoms. The van der Waals surface area contributed by atoms with E-state index < -0.39 is 6.09 Å². The van der Waals surface area contributed by atoms with Crippen molar-refractivity contribution >= 4 is 22.7 Å². The minimum absolute atomic E-state index is 0.320. The lowest BCUT2D eigenvalue weighted by molar-refractivity contribution is 0.146. The van der Waals surface area contributed by atoms with Crippen molar-refractivity contribution in [2.75, 3.05) is 32.8 Å². The van der Waals surface area contributed by atoms with Gasteiger partial charge in [-0.1, -0.05) is 12.1 Å². The van der Waals surface area contributed by atoms with E-state index in [0.717, 1.165) is 47.2 Å². The second-order valence-electron chi connectivity index (χ2n) is 9.08. The van der Waals surface area contributed by atoms with Crippen molar-refractivity contribution in [2.24, 2.45) is 0 Å². The van der Waals surface area contributed by atoms with E-state index in [-0.39, 0.29) is 0 Å². The normalized spacial score (nSPS) is 13.0. The maximum Gasteiger partial charge on any atom is 0.417 e. The average Bonchev–Trinajstić information content (AvgIpc) is 3.22. The Balaban J connectivity index is 1.41. The fraction of sp³-hybridized carbons (Fsp3) is 0.267. The number of aromatic nitrogens is 1. The summed E-state index contributed by atoms with van der Waals surface area (Å²) in [5.74, 6) is 1.84. The quantitative estimate of drug-likeness (QED) is 0.256. The third kappa shape index (κ3) is 5.15. The minimum atomic E-state index is -0.592. The summed E-state index contributed by atoms with van der Waals surface area (Å²) < 4.78 is 23.7. The summed E-state index contributed by atoms with van der Waals surface area (Å²) in [5, 5.41) is 13.8. The molecule has 8 heteroatoms. The Bertz CT molecular complexity index is 1470. The van der Waals surface area contributed by atoms with Gasteiger partial charge in [0.15, 0.2) is 0 Å². The van der Waals surface area contributed by atoms with Crippen molar-refractivity contribution in [1.29, 1.82) is 5.26 Å². The summed E-state index contributed by atoms with van der Waals surface area (Å²) in [7, 11) is 3.22. The molecule has 0 atom stereocenters. The molecule has 1 amide bonds. The molecule has 0 aliphatic heterocycles. The van der Waals surface area contributed by atoms with E-state index >= 15 is 0 Å². The van der Waals surface area contributed by atoms with Crippen molar-refractivity contribution in [3.63, 3.8) is 0 Å². The Labute approximate surface area is 221 Å². The summed E-state index contributed by atoms with van der Waals surface area (Å²) in [4.78, 5) is 12.4. The Morgan fingerprint density at radius 3 is 2.32 bits per heavy atom. The molecule has 1 aliphatic rings. The van der Waals surface area contributed by atoms with Gasteiger partial charge in [-0.05, 0) is 73.4 Å². The maximum absolute atomic E-state index is 12.4. The van der Waals surface area contributed by atoms with Crippen LogP contribution < -0.4 is 19.5 Å². The fourth-order valence-corrected chi connectivity index (χ4v) is 4.65. The number of amides is 1. The molecule has 4 aromatic rings. The highest BCUT2D eigenvalue weighted by atomic mass is 16.6. The number of ether oxygens (including phenoxy) is 4. The smallest absolute Gasteiger partial charge is 0.417 e. The van der Waals surface area contributed by atoms with Crippen LogP contribution >= 0.6 is 0 Å². The van der Waals surface area contributed by atoms with Crippen LogP contribution in [0.5, 0.6) is 17.2 Å². The van der Waals surface area contributed by atoms with Gasteiger partial charge in [-0.25, -0.2) is 4.79 Å². The van der Waals surface area contributed by atoms with E-state index in [4.69, 9.17) is 18.9 Å². The molecule has 1 saturated carbocycles. The first kappa shape index (κ1) is 25.2. The number of nitrogens with zero attached hydrogens (tertiary/aromatic N) is 2. The van der Waals surface area contributed by atoms with E-state index in [9.17, 15) is 10.1 Å². The van der Waals surface area contributed by atoms with Gasteiger partial charge in [-0.2, -0.15) is 5.26 Å². The Hall–Kier alpha value is -4.48. The molecule has 8 nitrogen and oxygen atoms in total. The molecule has 3 aromatic carbocycles. The summed E-state index contributed by atoms with van der Waals surface area (Å²) in [6, 6.07) is 22.9. The molecule has 1 fully saturated rings. The van der Waals surface area contributed by atoms with Crippen molar-refractivity contribution in [2.45, 2.75) is 25.3 Å². The van der Waals surface area contributed by atoms with E-state index in [1.807, 2.05) is 42.5 Å². The number of hydrogen-bond donors (Lipinski definition) is 1. The number of nitriles is 1. The van der Waals surface area contributed by atoms with Gasteiger partial charge in [0.05, 0.1) is 30.5 Å². The summed E-state index contributed by atoms with van der Waals surface area (Å²) in [6.07, 6.45) is 2.69. The standard InChI is InChI=1S/C30H29N3O5/c1-35-16-17-37-25-14-15-26-27(19-31)29(33(28(26)18-25)22-4-3-5-22)20-6-8-21(9-7-20)32-30(34)38-24-12-10-23(36-2)11-13-24/h6-15,18,22H,3-5,16-17H2,1-2H3,(H,32,34). The third-order valence-corrected chi connectivity index (χ3v) is 6.76. The predicted octanol–water partition coefficient (Wildman–Crippen LogP) is 6.55. The highest BCUT2D eigenvalue weighted by molar-refractivity contribution is 5.96. The number of carbonyl (C=O) groups is 1. The summed E-state index contributed by atoms with van der Waals surface area (Å²) in [5.41, 5.74) is 4.00. The second-order valence-corrected chi connectivity index (χ2v) is 9.08. The zero-order valence-corrected chi connectivity index (χ0v) is 21.4. The molecule has 0 unspecified atom stereocenters. The van der Waals surface area contributed by atoms with Crippen molar-refractivity contribution in [3.05, 3.63) is 72.3 Å². The van der Waals surface area contributed by atoms with Gasteiger partial charge in [-0.3, -0.25) is 5.32 Å². The topological polar surface area (TPSA) is 94.7 Å². The SMILES string of the molecule is COCCOc1ccc2c(C#N)c(-c3ccc(NC(=O)Oc4ccc(OC)cc4)cc3)n(C3CCC3)c2c1. The summed E-state index contributed by atoms with van der Waals surface area (Å²) in [6.45, 7) is 0.962. The lowest BCUT2D eigenvalue weighted by Gasteiger charge is -2.30. The number of anilines is 1. The largest absolute Gasteiger partial charge is 0.497 e. The molecule has 0 spiro atoms. The van der Waals surface area contributed by atoms with Crippen molar-refractivity contribution < 1.29 is 23.7 Å². The number of benzene rings is 3. The molecule has 5 rings (SSSR count). The minimum Gasteiger partial charge on any atom is -0.497 e. The van der Waals surface area contributed by atoms with Crippen LogP contribution in [0.25, 0.3) is 22.2 Å². The van der Waals surface area contributed by atoms with E-state index in [2.05, 4.69) is 16.0 Å². The molecule has 0 radical (unpaired) electrons. The van der Waals surface area contributed by atoms with Crippen molar-refractivity contribution in [3.8, 4) is 34.6 Å². The molecule has 1 N–H and O–H groups in total. The van der Waals surface area contributed by atoms with E-state index in [1.54, 1.807) is 38.5 Å². The van der Waals surface area contributed by atoms with Gasteiger partial charge < -0.3 is 23.5 Å². The average molecular weight is 512 g/mol. The van der Waals surface area contributed by atoms with Crippen LogP contribution in [0.4, 0.5) is 10.5 Å². The highest BCUT2D eigenvalue weighted by Gasteiger charge is 2.28. The van der Waals surface area contributed by atoms with E-state index in [0.29, 0.717) is 42.0 Å². The zero-order chi connectivity index (χ0) is 26.5. The lowest BCUT2D eigenvalue weighted by atomic mass is 9.92. The molecule has 194 valence electrons. The number of carbonyl (C=O) groups excluding carboxylic acids is 1. The van der Waals surface area contributed by atoms with Gasteiger partial charge in [0.2, 0.25) is 0 Å². The number of methoxy groups -OCH3 is 2. The van der Waals surface area contributed by atoms with Gasteiger partial charge in [-0.15, -0.1) is 0 Å². The Kier molecular flexibility index (Phi) is 7.47. The fourth-order valence-electron chi connectivity index (χ4n) is 4.65. The number of fused-ring (bicyclic) bond motifs is 1. The maximum atomic E-state index is 12.4. The first-order valence-corrected chi connectivity index (χ1v) is 12.5. The molecular weight excluding hydrogens is 482 g/mol. The van der Waals surface area contributed by atoms with Crippen LogP contribution in [0, 0.1) is 11.3 Å². The first-order valence-electron chi connectivity index (χ1n) is 12.5. The first-order chi connectivity index (χ1) is 18.6. The molecule has 1 aromatic heterocycles. The van der Waals surface area contributed by atoms with Crippen LogP contribution in [-0.2, 0) is 4.74 Å². The Morgan fingerprint density at radius 1 is 0.974 bits per heavy atom. The second kappa shape index (κ2) is 11.3. The number of hydrogen-bond acceptors (Lipinski definition) is 6. The van der Waals surface area contributed by atoms with Gasteiger partial charge in [0.25, 0.3) is 0 Å². The van der Waals surface area contributed by atoms with Crippen LogP contribution in [0.3, 0.4) is 0 Å². The van der Waals surface area contributed by atoms with Gasteiger partial charge in [0, 0.05) is 30.3 Å². The molecule has 0 saturated heterocycles. The van der Waals surface area contributed by atoms with Crippen molar-refractivity contribution in [1.82, 2.24) is 4.57 Å². The third-order valence-electron chi connectivity index (χ3n) is 6.76. The molecular formula is C30H29N3O5. The lowest BCUT2D eigenvalue weighted by Crippen LogP contribution is -2.18. The molecule has 1 heterocycles.